The maximum Gasteiger partial charge on any atom is 0.407 e. The van der Waals surface area contributed by atoms with Gasteiger partial charge in [0.15, 0.2) is 0 Å². The fraction of sp³-hybridized carbons (Fsp3) is 0.405. The molecular formula is C42H46N4O3. The summed E-state index contributed by atoms with van der Waals surface area (Å²) in [6, 6.07) is 24.0. The van der Waals surface area contributed by atoms with E-state index in [-0.39, 0.29) is 23.3 Å². The molecule has 0 unspecified atom stereocenters. The molecule has 252 valence electrons. The Kier molecular flexibility index (Phi) is 7.97. The van der Waals surface area contributed by atoms with Gasteiger partial charge >= 0.3 is 6.09 Å². The van der Waals surface area contributed by atoms with E-state index in [9.17, 15) is 9.59 Å². The highest BCUT2D eigenvalue weighted by atomic mass is 16.5. The maximum absolute atomic E-state index is 13.7. The second kappa shape index (κ2) is 12.3. The number of methoxy groups -OCH3 is 1. The number of hydrogen-bond acceptors (Lipinski definition) is 4. The van der Waals surface area contributed by atoms with Crippen LogP contribution in [0, 0.1) is 12.8 Å². The van der Waals surface area contributed by atoms with Crippen LogP contribution in [-0.2, 0) is 21.4 Å². The van der Waals surface area contributed by atoms with Gasteiger partial charge in [0.25, 0.3) is 0 Å². The van der Waals surface area contributed by atoms with Crippen LogP contribution in [0.3, 0.4) is 0 Å². The van der Waals surface area contributed by atoms with Crippen LogP contribution in [0.5, 0.6) is 0 Å². The minimum atomic E-state index is -0.657. The second-order valence-electron chi connectivity index (χ2n) is 14.9. The first-order valence-electron chi connectivity index (χ1n) is 18.1. The Balaban J connectivity index is 1.18. The van der Waals surface area contributed by atoms with Crippen molar-refractivity contribution in [1.82, 2.24) is 20.2 Å². The molecule has 7 nitrogen and oxygen atoms in total. The van der Waals surface area contributed by atoms with Crippen LogP contribution in [0.25, 0.3) is 44.1 Å². The number of rotatable bonds is 6. The van der Waals surface area contributed by atoms with Gasteiger partial charge in [-0.15, -0.1) is 0 Å². The van der Waals surface area contributed by atoms with Gasteiger partial charge < -0.3 is 19.9 Å². The summed E-state index contributed by atoms with van der Waals surface area (Å²) >= 11 is 0. The number of aromatic nitrogens is 2. The zero-order valence-corrected chi connectivity index (χ0v) is 29.1. The average Bonchev–Trinajstić information content (AvgIpc) is 3.94. The van der Waals surface area contributed by atoms with E-state index in [0.717, 1.165) is 36.1 Å². The molecule has 2 amide bonds. The first-order valence-corrected chi connectivity index (χ1v) is 18.1. The molecule has 49 heavy (non-hydrogen) atoms. The van der Waals surface area contributed by atoms with Gasteiger partial charge in [-0.05, 0) is 119 Å². The lowest BCUT2D eigenvalue weighted by Gasteiger charge is -2.29. The molecule has 0 radical (unpaired) electrons. The Morgan fingerprint density at radius 2 is 1.69 bits per heavy atom. The third-order valence-corrected chi connectivity index (χ3v) is 11.7. The number of benzene rings is 4. The normalized spacial score (nSPS) is 18.9. The summed E-state index contributed by atoms with van der Waals surface area (Å²) in [7, 11) is 1.32. The number of nitrogens with zero attached hydrogens (tertiary/aromatic N) is 2. The smallest absolute Gasteiger partial charge is 0.407 e. The number of aromatic amines is 1. The molecule has 1 saturated carbocycles. The minimum Gasteiger partial charge on any atom is -0.453 e. The second-order valence-corrected chi connectivity index (χ2v) is 14.9. The number of hydrogen-bond donors (Lipinski definition) is 2. The summed E-state index contributed by atoms with van der Waals surface area (Å²) in [6.07, 6.45) is 8.57. The Labute approximate surface area is 288 Å². The molecule has 1 saturated heterocycles. The van der Waals surface area contributed by atoms with Gasteiger partial charge in [0.2, 0.25) is 5.91 Å². The van der Waals surface area contributed by atoms with Crippen molar-refractivity contribution >= 4 is 33.8 Å². The lowest BCUT2D eigenvalue weighted by atomic mass is 9.76. The predicted molar refractivity (Wildman–Crippen MR) is 196 cm³/mol. The highest BCUT2D eigenvalue weighted by Gasteiger charge is 2.44. The Morgan fingerprint density at radius 3 is 2.47 bits per heavy atom. The van der Waals surface area contributed by atoms with Crippen LogP contribution >= 0.6 is 0 Å². The zero-order chi connectivity index (χ0) is 33.9. The monoisotopic (exact) mass is 654 g/mol. The number of imidazole rings is 1. The quantitative estimate of drug-likeness (QED) is 0.191. The fourth-order valence-electron chi connectivity index (χ4n) is 9.28. The number of nitrogens with one attached hydrogen (secondary N) is 2. The molecule has 3 aliphatic rings. The largest absolute Gasteiger partial charge is 0.453 e. The van der Waals surface area contributed by atoms with Gasteiger partial charge in [0, 0.05) is 6.54 Å². The summed E-state index contributed by atoms with van der Waals surface area (Å²) in [5, 5.41) is 5.41. The molecule has 2 atom stereocenters. The van der Waals surface area contributed by atoms with Crippen LogP contribution in [0.2, 0.25) is 0 Å². The fourth-order valence-corrected chi connectivity index (χ4v) is 9.28. The van der Waals surface area contributed by atoms with Crippen LogP contribution in [0.1, 0.15) is 87.3 Å². The predicted octanol–water partition coefficient (Wildman–Crippen LogP) is 9.16. The lowest BCUT2D eigenvalue weighted by Crippen LogP contribution is -2.51. The van der Waals surface area contributed by atoms with E-state index in [1.54, 1.807) is 5.56 Å². The SMILES string of the molecule is COC(=O)N[C@H](C(=O)N1CCC[C@H]1c1nc2ccc(-c3ccc(-c4ccc(C)c5ccccc45)c4c3C3(CCCC3)CC4)cc2[nH]1)C(C)C. The molecule has 2 fully saturated rings. The molecule has 1 aliphatic heterocycles. The number of alkyl carbamates (subject to hydrolysis) is 1. The van der Waals surface area contributed by atoms with Crippen molar-refractivity contribution < 1.29 is 14.3 Å². The van der Waals surface area contributed by atoms with Crippen LogP contribution in [0.15, 0.2) is 66.7 Å². The van der Waals surface area contributed by atoms with E-state index < -0.39 is 12.1 Å². The number of ether oxygens (including phenoxy) is 1. The van der Waals surface area contributed by atoms with Gasteiger partial charge in [-0.25, -0.2) is 9.78 Å². The maximum atomic E-state index is 13.7. The van der Waals surface area contributed by atoms with Gasteiger partial charge in [0.05, 0.1) is 24.2 Å². The molecule has 7 heteroatoms. The van der Waals surface area contributed by atoms with Gasteiger partial charge in [-0.1, -0.05) is 81.3 Å². The van der Waals surface area contributed by atoms with Crippen molar-refractivity contribution in [3.63, 3.8) is 0 Å². The third-order valence-electron chi connectivity index (χ3n) is 11.7. The number of carbonyl (C=O) groups is 2. The molecule has 2 heterocycles. The summed E-state index contributed by atoms with van der Waals surface area (Å²) in [5.41, 5.74) is 11.8. The van der Waals surface area contributed by atoms with Crippen molar-refractivity contribution in [2.45, 2.75) is 89.6 Å². The highest BCUT2D eigenvalue weighted by molar-refractivity contribution is 6.00. The number of aryl methyl sites for hydroxylation is 1. The Hall–Kier alpha value is -4.65. The van der Waals surface area contributed by atoms with Crippen molar-refractivity contribution in [2.24, 2.45) is 5.92 Å². The molecule has 1 aromatic heterocycles. The van der Waals surface area contributed by atoms with Gasteiger partial charge in [-0.3, -0.25) is 4.79 Å². The standard InChI is InChI=1S/C42H46N4O3/c1-25(2)38(45-41(48)49-4)40(47)46-23-9-12-36(46)39-43-34-18-14-27(24-35(34)44-39)29-16-17-32(33-19-22-42(37(29)33)20-7-8-21-42)31-15-13-26(3)28-10-5-6-11-30(28)31/h5-6,10-11,13-18,24-25,36,38H,7-9,12,19-23H2,1-4H3,(H,43,44)(H,45,48)/t36-,38-/m0/s1. The van der Waals surface area contributed by atoms with E-state index in [0.29, 0.717) is 6.54 Å². The molecule has 4 aromatic carbocycles. The highest BCUT2D eigenvalue weighted by Crippen LogP contribution is 2.55. The molecule has 0 bridgehead atoms. The molecule has 2 N–H and O–H groups in total. The molecule has 2 aliphatic carbocycles. The molecule has 5 aromatic rings. The first kappa shape index (κ1) is 31.6. The Bertz CT molecular complexity index is 2090. The molecule has 1 spiro atoms. The number of carbonyl (C=O) groups excluding carboxylic acids is 2. The number of likely N-dealkylation sites (tertiary alicyclic amines) is 1. The summed E-state index contributed by atoms with van der Waals surface area (Å²) < 4.78 is 4.81. The minimum absolute atomic E-state index is 0.0768. The average molecular weight is 655 g/mol. The summed E-state index contributed by atoms with van der Waals surface area (Å²) in [4.78, 5) is 36.3. The number of fused-ring (bicyclic) bond motifs is 4. The van der Waals surface area contributed by atoms with Crippen molar-refractivity contribution in [1.29, 1.82) is 0 Å². The number of H-pyrrole nitrogens is 1. The van der Waals surface area contributed by atoms with Crippen molar-refractivity contribution in [2.75, 3.05) is 13.7 Å². The molecular weight excluding hydrogens is 608 g/mol. The van der Waals surface area contributed by atoms with E-state index >= 15 is 0 Å². The first-order chi connectivity index (χ1) is 23.8. The van der Waals surface area contributed by atoms with Crippen LogP contribution in [-0.4, -0.2) is 46.6 Å². The summed E-state index contributed by atoms with van der Waals surface area (Å²) in [6.45, 7) is 6.72. The van der Waals surface area contributed by atoms with Crippen LogP contribution < -0.4 is 5.32 Å². The van der Waals surface area contributed by atoms with Gasteiger partial charge in [-0.2, -0.15) is 0 Å². The topological polar surface area (TPSA) is 87.3 Å². The van der Waals surface area contributed by atoms with Crippen molar-refractivity contribution in [3.8, 4) is 22.3 Å². The summed E-state index contributed by atoms with van der Waals surface area (Å²) in [5.74, 6) is 0.632. The van der Waals surface area contributed by atoms with E-state index in [1.807, 2.05) is 18.7 Å². The third kappa shape index (κ3) is 5.29. The van der Waals surface area contributed by atoms with Crippen LogP contribution in [0.4, 0.5) is 4.79 Å². The lowest BCUT2D eigenvalue weighted by molar-refractivity contribution is -0.135. The van der Waals surface area contributed by atoms with Gasteiger partial charge in [0.1, 0.15) is 11.9 Å². The van der Waals surface area contributed by atoms with E-state index in [2.05, 4.69) is 84.0 Å². The number of amides is 2. The Morgan fingerprint density at radius 1 is 0.939 bits per heavy atom. The molecule has 8 rings (SSSR count). The van der Waals surface area contributed by atoms with E-state index in [4.69, 9.17) is 9.72 Å². The van der Waals surface area contributed by atoms with E-state index in [1.165, 1.54) is 83.4 Å². The zero-order valence-electron chi connectivity index (χ0n) is 29.1. The van der Waals surface area contributed by atoms with Crippen molar-refractivity contribution in [3.05, 3.63) is 89.2 Å².